The molecule has 3 rings (SSSR count). The molecule has 0 spiro atoms. The van der Waals surface area contributed by atoms with Crippen LogP contribution < -0.4 is 5.32 Å². The van der Waals surface area contributed by atoms with Crippen molar-refractivity contribution < 1.29 is 14.3 Å². The van der Waals surface area contributed by atoms with Gasteiger partial charge in [0.05, 0.1) is 6.04 Å². The first-order valence-electron chi connectivity index (χ1n) is 8.44. The summed E-state index contributed by atoms with van der Waals surface area (Å²) in [6.45, 7) is 4.10. The molecule has 1 aliphatic rings. The Kier molecular flexibility index (Phi) is 5.01. The van der Waals surface area contributed by atoms with Gasteiger partial charge in [0.1, 0.15) is 12.5 Å². The lowest BCUT2D eigenvalue weighted by Gasteiger charge is -2.19. The molecule has 4 nitrogen and oxygen atoms in total. The number of hydrogen-bond acceptors (Lipinski definition) is 3. The Labute approximate surface area is 147 Å². The number of ether oxygens (including phenoxy) is 1. The van der Waals surface area contributed by atoms with Crippen LogP contribution in [-0.2, 0) is 9.53 Å². The van der Waals surface area contributed by atoms with Crippen LogP contribution in [0.1, 0.15) is 30.9 Å². The van der Waals surface area contributed by atoms with Gasteiger partial charge in [0, 0.05) is 12.0 Å². The fraction of sp³-hybridized carbons (Fsp3) is 0.286. The number of carbonyl (C=O) groups excluding carboxylic acids is 2. The Hall–Kier alpha value is -2.84. The largest absolute Gasteiger partial charge is 0.449 e. The van der Waals surface area contributed by atoms with Gasteiger partial charge in [-0.05, 0) is 28.2 Å². The molecule has 1 atom stereocenters. The van der Waals surface area contributed by atoms with Gasteiger partial charge < -0.3 is 10.1 Å². The second-order valence-corrected chi connectivity index (χ2v) is 6.52. The maximum atomic E-state index is 12.1. The highest BCUT2D eigenvalue weighted by atomic mass is 16.5. The summed E-state index contributed by atoms with van der Waals surface area (Å²) < 4.78 is 5.47. The highest BCUT2D eigenvalue weighted by molar-refractivity contribution is 5.79. The molecule has 2 aromatic carbocycles. The maximum Gasteiger partial charge on any atom is 0.407 e. The lowest BCUT2D eigenvalue weighted by atomic mass is 9.98. The van der Waals surface area contributed by atoms with Gasteiger partial charge in [-0.15, -0.1) is 0 Å². The van der Waals surface area contributed by atoms with Crippen molar-refractivity contribution in [2.24, 2.45) is 5.92 Å². The summed E-state index contributed by atoms with van der Waals surface area (Å²) in [4.78, 5) is 22.7. The minimum atomic E-state index is -0.521. The maximum absolute atomic E-state index is 12.1. The van der Waals surface area contributed by atoms with Crippen molar-refractivity contribution in [3.63, 3.8) is 0 Å². The average Bonchev–Trinajstić information content (AvgIpc) is 2.93. The number of hydrogen-bond donors (Lipinski definition) is 1. The van der Waals surface area contributed by atoms with Gasteiger partial charge >= 0.3 is 6.09 Å². The first-order valence-corrected chi connectivity index (χ1v) is 8.44. The number of nitrogens with one attached hydrogen (secondary N) is 1. The third-order valence-electron chi connectivity index (χ3n) is 4.59. The van der Waals surface area contributed by atoms with E-state index in [2.05, 4.69) is 29.6 Å². The molecule has 0 saturated carbocycles. The lowest BCUT2D eigenvalue weighted by molar-refractivity contribution is 0.139. The van der Waals surface area contributed by atoms with E-state index in [1.165, 1.54) is 28.3 Å². The van der Waals surface area contributed by atoms with Crippen LogP contribution in [0, 0.1) is 5.92 Å². The Morgan fingerprint density at radius 2 is 1.68 bits per heavy atom. The molecule has 0 saturated heterocycles. The van der Waals surface area contributed by atoms with Crippen molar-refractivity contribution in [1.29, 1.82) is 0 Å². The molecule has 0 aromatic heterocycles. The molecule has 0 aliphatic heterocycles. The zero-order chi connectivity index (χ0) is 17.8. The summed E-state index contributed by atoms with van der Waals surface area (Å²) in [5, 5.41) is 2.71. The molecule has 0 bridgehead atoms. The fourth-order valence-electron chi connectivity index (χ4n) is 3.25. The monoisotopic (exact) mass is 335 g/mol. The van der Waals surface area contributed by atoms with E-state index in [9.17, 15) is 9.59 Å². The van der Waals surface area contributed by atoms with E-state index in [1.807, 2.05) is 38.1 Å². The van der Waals surface area contributed by atoms with Crippen LogP contribution in [-0.4, -0.2) is 24.7 Å². The van der Waals surface area contributed by atoms with Gasteiger partial charge in [-0.2, -0.15) is 0 Å². The quantitative estimate of drug-likeness (QED) is 0.842. The molecule has 2 aromatic rings. The lowest BCUT2D eigenvalue weighted by Crippen LogP contribution is -2.38. The van der Waals surface area contributed by atoms with Crippen molar-refractivity contribution in [2.45, 2.75) is 25.8 Å². The summed E-state index contributed by atoms with van der Waals surface area (Å²) in [6, 6.07) is 16.0. The van der Waals surface area contributed by atoms with Gasteiger partial charge in [-0.25, -0.2) is 9.59 Å². The van der Waals surface area contributed by atoms with Crippen LogP contribution in [0.3, 0.4) is 0 Å². The smallest absolute Gasteiger partial charge is 0.407 e. The number of rotatable bonds is 5. The van der Waals surface area contributed by atoms with Crippen molar-refractivity contribution in [3.8, 4) is 11.1 Å². The molecular weight excluding hydrogens is 314 g/mol. The Balaban J connectivity index is 1.73. The molecule has 128 valence electrons. The van der Waals surface area contributed by atoms with E-state index in [1.54, 1.807) is 5.94 Å². The van der Waals surface area contributed by atoms with Crippen LogP contribution in [0.15, 0.2) is 54.6 Å². The number of amides is 1. The van der Waals surface area contributed by atoms with E-state index in [0.717, 1.165) is 0 Å². The molecule has 4 heteroatoms. The summed E-state index contributed by atoms with van der Waals surface area (Å²) in [5.74, 6) is 1.84. The van der Waals surface area contributed by atoms with E-state index < -0.39 is 6.09 Å². The predicted octanol–water partition coefficient (Wildman–Crippen LogP) is 3.94. The van der Waals surface area contributed by atoms with Gasteiger partial charge in [-0.1, -0.05) is 62.4 Å². The Bertz CT molecular complexity index is 776. The number of alkyl carbamates (subject to hydrolysis) is 1. The van der Waals surface area contributed by atoms with E-state index in [-0.39, 0.29) is 24.5 Å². The molecule has 1 aliphatic carbocycles. The third kappa shape index (κ3) is 3.49. The normalized spacial score (nSPS) is 13.6. The van der Waals surface area contributed by atoms with Crippen molar-refractivity contribution in [3.05, 3.63) is 65.7 Å². The molecule has 1 amide bonds. The van der Waals surface area contributed by atoms with Gasteiger partial charge in [-0.3, -0.25) is 0 Å². The molecular formula is C21H21NO3. The zero-order valence-corrected chi connectivity index (χ0v) is 14.4. The summed E-state index contributed by atoms with van der Waals surface area (Å²) in [5.41, 5.74) is 4.72. The molecule has 25 heavy (non-hydrogen) atoms. The highest BCUT2D eigenvalue weighted by Crippen LogP contribution is 2.44. The predicted molar refractivity (Wildman–Crippen MR) is 97.1 cm³/mol. The Morgan fingerprint density at radius 1 is 1.12 bits per heavy atom. The number of carbonyl (C=O) groups is 1. The SMILES string of the molecule is CC(C)[C@@H](C=C=O)NC(=O)OCC1c2ccccc2-c2ccccc21. The van der Waals surface area contributed by atoms with Gasteiger partial charge in [0.25, 0.3) is 0 Å². The molecule has 0 heterocycles. The highest BCUT2D eigenvalue weighted by Gasteiger charge is 2.29. The van der Waals surface area contributed by atoms with Gasteiger partial charge in [0.15, 0.2) is 0 Å². The van der Waals surface area contributed by atoms with E-state index in [0.29, 0.717) is 0 Å². The van der Waals surface area contributed by atoms with Crippen LogP contribution in [0.2, 0.25) is 0 Å². The second kappa shape index (κ2) is 7.37. The van der Waals surface area contributed by atoms with Crippen molar-refractivity contribution in [1.82, 2.24) is 5.32 Å². The zero-order valence-electron chi connectivity index (χ0n) is 14.4. The molecule has 0 unspecified atom stereocenters. The summed E-state index contributed by atoms with van der Waals surface area (Å²) in [6.07, 6.45) is 0.790. The number of benzene rings is 2. The molecule has 0 radical (unpaired) electrons. The van der Waals surface area contributed by atoms with Crippen LogP contribution >= 0.6 is 0 Å². The van der Waals surface area contributed by atoms with Crippen molar-refractivity contribution in [2.75, 3.05) is 6.61 Å². The standard InChI is InChI=1S/C21H21NO3/c1-14(2)20(11-12-23)22-21(24)25-13-19-17-9-5-3-7-15(17)16-8-4-6-10-18(16)19/h3-11,14,19-20H,13H2,1-2H3,(H,22,24)/t20-/m1/s1. The fourth-order valence-corrected chi connectivity index (χ4v) is 3.25. The summed E-state index contributed by atoms with van der Waals surface area (Å²) >= 11 is 0. The average molecular weight is 335 g/mol. The summed E-state index contributed by atoms with van der Waals surface area (Å²) in [7, 11) is 0. The second-order valence-electron chi connectivity index (χ2n) is 6.52. The van der Waals surface area contributed by atoms with Gasteiger partial charge in [0.2, 0.25) is 0 Å². The molecule has 0 fully saturated rings. The van der Waals surface area contributed by atoms with Crippen LogP contribution in [0.4, 0.5) is 4.79 Å². The number of fused-ring (bicyclic) bond motifs is 3. The Morgan fingerprint density at radius 3 is 2.20 bits per heavy atom. The third-order valence-corrected chi connectivity index (χ3v) is 4.59. The van der Waals surface area contributed by atoms with Crippen LogP contribution in [0.25, 0.3) is 11.1 Å². The topological polar surface area (TPSA) is 55.4 Å². The molecule has 1 N–H and O–H groups in total. The van der Waals surface area contributed by atoms with E-state index in [4.69, 9.17) is 4.74 Å². The van der Waals surface area contributed by atoms with E-state index >= 15 is 0 Å². The first-order chi connectivity index (χ1) is 12.1. The minimum absolute atomic E-state index is 0.0252. The van der Waals surface area contributed by atoms with Crippen molar-refractivity contribution >= 4 is 12.0 Å². The van der Waals surface area contributed by atoms with Crippen LogP contribution in [0.5, 0.6) is 0 Å². The first kappa shape index (κ1) is 17.0. The minimum Gasteiger partial charge on any atom is -0.449 e.